The quantitative estimate of drug-likeness (QED) is 0.798. The predicted octanol–water partition coefficient (Wildman–Crippen LogP) is 0.608. The van der Waals surface area contributed by atoms with E-state index in [1.807, 2.05) is 24.4 Å². The van der Waals surface area contributed by atoms with Crippen LogP contribution >= 0.6 is 0 Å². The van der Waals surface area contributed by atoms with E-state index in [9.17, 15) is 19.2 Å². The standard InChI is InChI=1S/C15H18N4O4/c1-9-4-6-11(7-5-9)19-10(2)13(21)18(15(19)23)8-12(20)17-14(22)16-3/h4-7,10H,8H2,1-3H3,(H2,16,17,20,22). The van der Waals surface area contributed by atoms with Crippen LogP contribution in [0.3, 0.4) is 0 Å². The van der Waals surface area contributed by atoms with Gasteiger partial charge in [0.15, 0.2) is 0 Å². The van der Waals surface area contributed by atoms with Gasteiger partial charge >= 0.3 is 12.1 Å². The molecule has 1 aliphatic rings. The summed E-state index contributed by atoms with van der Waals surface area (Å²) in [6, 6.07) is 5.16. The molecule has 0 radical (unpaired) electrons. The van der Waals surface area contributed by atoms with Crippen molar-refractivity contribution in [2.24, 2.45) is 0 Å². The van der Waals surface area contributed by atoms with Crippen LogP contribution in [0.15, 0.2) is 24.3 Å². The van der Waals surface area contributed by atoms with Crippen LogP contribution in [0.25, 0.3) is 0 Å². The topological polar surface area (TPSA) is 98.8 Å². The second kappa shape index (κ2) is 6.47. The van der Waals surface area contributed by atoms with Gasteiger partial charge in [-0.2, -0.15) is 0 Å². The molecular weight excluding hydrogens is 300 g/mol. The Morgan fingerprint density at radius 1 is 1.17 bits per heavy atom. The molecule has 0 aromatic heterocycles. The lowest BCUT2D eigenvalue weighted by Gasteiger charge is -2.19. The number of amides is 6. The lowest BCUT2D eigenvalue weighted by molar-refractivity contribution is -0.131. The van der Waals surface area contributed by atoms with Crippen molar-refractivity contribution < 1.29 is 19.2 Å². The highest BCUT2D eigenvalue weighted by Crippen LogP contribution is 2.25. The number of urea groups is 2. The smallest absolute Gasteiger partial charge is 0.332 e. The summed E-state index contributed by atoms with van der Waals surface area (Å²) in [6.45, 7) is 3.01. The Labute approximate surface area is 133 Å². The molecule has 8 nitrogen and oxygen atoms in total. The summed E-state index contributed by atoms with van der Waals surface area (Å²) in [5.74, 6) is -1.22. The average molecular weight is 318 g/mol. The van der Waals surface area contributed by atoms with Crippen LogP contribution in [0.2, 0.25) is 0 Å². The zero-order valence-electron chi connectivity index (χ0n) is 13.1. The van der Waals surface area contributed by atoms with Gasteiger partial charge in [-0.25, -0.2) is 9.59 Å². The number of rotatable bonds is 3. The fraction of sp³-hybridized carbons (Fsp3) is 0.333. The summed E-state index contributed by atoms with van der Waals surface area (Å²) >= 11 is 0. The van der Waals surface area contributed by atoms with Crippen LogP contribution in [0.1, 0.15) is 12.5 Å². The normalized spacial score (nSPS) is 17.4. The SMILES string of the molecule is CNC(=O)NC(=O)CN1C(=O)C(C)N(c2ccc(C)cc2)C1=O. The van der Waals surface area contributed by atoms with Crippen LogP contribution in [-0.4, -0.2) is 48.4 Å². The molecule has 0 bridgehead atoms. The molecule has 0 aliphatic carbocycles. The van der Waals surface area contributed by atoms with Gasteiger partial charge in [0.1, 0.15) is 12.6 Å². The number of hydrogen-bond donors (Lipinski definition) is 2. The molecule has 1 unspecified atom stereocenters. The van der Waals surface area contributed by atoms with Gasteiger partial charge in [0.2, 0.25) is 5.91 Å². The first-order chi connectivity index (χ1) is 10.8. The van der Waals surface area contributed by atoms with E-state index in [0.717, 1.165) is 10.5 Å². The Morgan fingerprint density at radius 2 is 1.78 bits per heavy atom. The van der Waals surface area contributed by atoms with Crippen molar-refractivity contribution in [1.82, 2.24) is 15.5 Å². The van der Waals surface area contributed by atoms with E-state index in [4.69, 9.17) is 0 Å². The molecule has 0 saturated carbocycles. The zero-order chi connectivity index (χ0) is 17.1. The molecule has 1 aromatic rings. The van der Waals surface area contributed by atoms with Crippen LogP contribution in [0.4, 0.5) is 15.3 Å². The zero-order valence-corrected chi connectivity index (χ0v) is 13.1. The number of carbonyl (C=O) groups is 4. The van der Waals surface area contributed by atoms with Gasteiger partial charge in [-0.3, -0.25) is 24.7 Å². The summed E-state index contributed by atoms with van der Waals surface area (Å²) in [4.78, 5) is 49.7. The van der Waals surface area contributed by atoms with Crippen LogP contribution in [0, 0.1) is 6.92 Å². The minimum absolute atomic E-state index is 0.484. The molecule has 122 valence electrons. The van der Waals surface area contributed by atoms with Gasteiger partial charge in [-0.1, -0.05) is 17.7 Å². The molecule has 8 heteroatoms. The monoisotopic (exact) mass is 318 g/mol. The predicted molar refractivity (Wildman–Crippen MR) is 82.8 cm³/mol. The van der Waals surface area contributed by atoms with E-state index in [2.05, 4.69) is 5.32 Å². The molecule has 2 N–H and O–H groups in total. The number of anilines is 1. The fourth-order valence-electron chi connectivity index (χ4n) is 2.28. The van der Waals surface area contributed by atoms with E-state index in [1.165, 1.54) is 11.9 Å². The molecule has 6 amide bonds. The molecule has 23 heavy (non-hydrogen) atoms. The third-order valence-electron chi connectivity index (χ3n) is 3.54. The van der Waals surface area contributed by atoms with Crippen LogP contribution in [0.5, 0.6) is 0 Å². The Bertz CT molecular complexity index is 656. The van der Waals surface area contributed by atoms with Crippen molar-refractivity contribution >= 4 is 29.6 Å². The van der Waals surface area contributed by atoms with Crippen LogP contribution in [-0.2, 0) is 9.59 Å². The summed E-state index contributed by atoms with van der Waals surface area (Å²) in [7, 11) is 1.36. The number of nitrogens with zero attached hydrogens (tertiary/aromatic N) is 2. The molecule has 1 aliphatic heterocycles. The summed E-state index contributed by atoms with van der Waals surface area (Å²) in [5, 5.41) is 4.24. The fourth-order valence-corrected chi connectivity index (χ4v) is 2.28. The highest BCUT2D eigenvalue weighted by atomic mass is 16.2. The van der Waals surface area contributed by atoms with E-state index < -0.39 is 36.5 Å². The van der Waals surface area contributed by atoms with Crippen molar-refractivity contribution in [2.75, 3.05) is 18.5 Å². The van der Waals surface area contributed by atoms with Gasteiger partial charge in [-0.05, 0) is 26.0 Å². The molecule has 2 rings (SSSR count). The summed E-state index contributed by atoms with van der Waals surface area (Å²) < 4.78 is 0. The maximum Gasteiger partial charge on any atom is 0.332 e. The molecule has 1 saturated heterocycles. The number of hydrogen-bond acceptors (Lipinski definition) is 4. The van der Waals surface area contributed by atoms with E-state index in [-0.39, 0.29) is 0 Å². The molecule has 1 aromatic carbocycles. The second-order valence-electron chi connectivity index (χ2n) is 5.22. The minimum Gasteiger partial charge on any atom is -0.341 e. The Balaban J connectivity index is 2.16. The molecule has 1 heterocycles. The van der Waals surface area contributed by atoms with Crippen LogP contribution < -0.4 is 15.5 Å². The van der Waals surface area contributed by atoms with E-state index in [1.54, 1.807) is 19.1 Å². The van der Waals surface area contributed by atoms with Gasteiger partial charge in [0.05, 0.1) is 0 Å². The van der Waals surface area contributed by atoms with Crippen molar-refractivity contribution in [3.8, 4) is 0 Å². The molecule has 1 fully saturated rings. The Morgan fingerprint density at radius 3 is 2.35 bits per heavy atom. The third kappa shape index (κ3) is 3.31. The number of imide groups is 2. The first kappa shape index (κ1) is 16.5. The molecule has 1 atom stereocenters. The van der Waals surface area contributed by atoms with Crippen molar-refractivity contribution in [1.29, 1.82) is 0 Å². The summed E-state index contributed by atoms with van der Waals surface area (Å²) in [5.41, 5.74) is 1.61. The summed E-state index contributed by atoms with van der Waals surface area (Å²) in [6.07, 6.45) is 0. The lowest BCUT2D eigenvalue weighted by Crippen LogP contribution is -2.45. The van der Waals surface area contributed by atoms with E-state index >= 15 is 0 Å². The second-order valence-corrected chi connectivity index (χ2v) is 5.22. The van der Waals surface area contributed by atoms with Gasteiger partial charge in [0.25, 0.3) is 5.91 Å². The van der Waals surface area contributed by atoms with Crippen molar-refractivity contribution in [3.05, 3.63) is 29.8 Å². The maximum atomic E-state index is 12.5. The first-order valence-electron chi connectivity index (χ1n) is 7.08. The van der Waals surface area contributed by atoms with E-state index in [0.29, 0.717) is 5.69 Å². The minimum atomic E-state index is -0.732. The number of aryl methyl sites for hydroxylation is 1. The molecule has 0 spiro atoms. The molecular formula is C15H18N4O4. The highest BCUT2D eigenvalue weighted by Gasteiger charge is 2.44. The van der Waals surface area contributed by atoms with Crippen molar-refractivity contribution in [3.63, 3.8) is 0 Å². The third-order valence-corrected chi connectivity index (χ3v) is 3.54. The largest absolute Gasteiger partial charge is 0.341 e. The van der Waals surface area contributed by atoms with Gasteiger partial charge in [-0.15, -0.1) is 0 Å². The number of nitrogens with one attached hydrogen (secondary N) is 2. The number of benzene rings is 1. The maximum absolute atomic E-state index is 12.5. The Kier molecular flexibility index (Phi) is 4.63. The highest BCUT2D eigenvalue weighted by molar-refractivity contribution is 6.15. The Hall–Kier alpha value is -2.90. The first-order valence-corrected chi connectivity index (χ1v) is 7.08. The number of carbonyl (C=O) groups excluding carboxylic acids is 4. The van der Waals surface area contributed by atoms with Gasteiger partial charge in [0, 0.05) is 12.7 Å². The van der Waals surface area contributed by atoms with Gasteiger partial charge < -0.3 is 5.32 Å². The van der Waals surface area contributed by atoms with Crippen molar-refractivity contribution in [2.45, 2.75) is 19.9 Å². The average Bonchev–Trinajstić information content (AvgIpc) is 2.72. The lowest BCUT2D eigenvalue weighted by atomic mass is 10.2.